The summed E-state index contributed by atoms with van der Waals surface area (Å²) in [6, 6.07) is 12.8. The molecule has 108 valence electrons. The van der Waals surface area contributed by atoms with Gasteiger partial charge in [0, 0.05) is 5.56 Å². The van der Waals surface area contributed by atoms with Crippen molar-refractivity contribution in [1.82, 2.24) is 0 Å². The van der Waals surface area contributed by atoms with E-state index in [2.05, 4.69) is 0 Å². The Morgan fingerprint density at radius 3 is 2.38 bits per heavy atom. The minimum atomic E-state index is -0.442. The molecule has 0 aliphatic rings. The van der Waals surface area contributed by atoms with Crippen LogP contribution in [-0.2, 0) is 0 Å². The van der Waals surface area contributed by atoms with Crippen LogP contribution in [0.2, 0.25) is 0 Å². The number of ether oxygens (including phenoxy) is 2. The monoisotopic (exact) mass is 283 g/mol. The molecule has 0 saturated heterocycles. The largest absolute Gasteiger partial charge is 0.493 e. The van der Waals surface area contributed by atoms with Gasteiger partial charge < -0.3 is 15.2 Å². The van der Waals surface area contributed by atoms with Gasteiger partial charge in [0.05, 0.1) is 14.2 Å². The first-order chi connectivity index (χ1) is 10.2. The van der Waals surface area contributed by atoms with Crippen molar-refractivity contribution in [2.75, 3.05) is 14.2 Å². The molecule has 2 aromatic rings. The maximum absolute atomic E-state index is 11.4. The van der Waals surface area contributed by atoms with Crippen LogP contribution in [0.4, 0.5) is 0 Å². The third kappa shape index (κ3) is 3.42. The van der Waals surface area contributed by atoms with E-state index in [4.69, 9.17) is 15.2 Å². The second-order valence-corrected chi connectivity index (χ2v) is 4.40. The fraction of sp³-hybridized carbons (Fsp3) is 0.118. The molecule has 0 fully saturated rings. The molecule has 0 saturated carbocycles. The number of carbonyl (C=O) groups is 1. The topological polar surface area (TPSA) is 61.5 Å². The van der Waals surface area contributed by atoms with Gasteiger partial charge in [-0.25, -0.2) is 0 Å². The fourth-order valence-electron chi connectivity index (χ4n) is 2.01. The number of methoxy groups -OCH3 is 2. The lowest BCUT2D eigenvalue weighted by atomic mass is 10.1. The molecule has 21 heavy (non-hydrogen) atoms. The van der Waals surface area contributed by atoms with Crippen LogP contribution in [0.15, 0.2) is 42.5 Å². The zero-order chi connectivity index (χ0) is 15.2. The van der Waals surface area contributed by atoms with E-state index in [9.17, 15) is 4.79 Å². The molecule has 4 nitrogen and oxygen atoms in total. The summed E-state index contributed by atoms with van der Waals surface area (Å²) in [5.41, 5.74) is 7.57. The number of amides is 1. The lowest BCUT2D eigenvalue weighted by Gasteiger charge is -2.07. The number of nitrogens with two attached hydrogens (primary N) is 1. The summed E-state index contributed by atoms with van der Waals surface area (Å²) in [7, 11) is 3.18. The van der Waals surface area contributed by atoms with Gasteiger partial charge in [0.2, 0.25) is 5.91 Å². The Kier molecular flexibility index (Phi) is 4.61. The van der Waals surface area contributed by atoms with Crippen molar-refractivity contribution in [2.45, 2.75) is 0 Å². The first-order valence-corrected chi connectivity index (χ1v) is 6.44. The maximum Gasteiger partial charge on any atom is 0.249 e. The summed E-state index contributed by atoms with van der Waals surface area (Å²) < 4.78 is 10.5. The second kappa shape index (κ2) is 6.61. The quantitative estimate of drug-likeness (QED) is 0.858. The normalized spacial score (nSPS) is 10.6. The maximum atomic E-state index is 11.4. The highest BCUT2D eigenvalue weighted by Crippen LogP contribution is 2.28. The Morgan fingerprint density at radius 1 is 1.00 bits per heavy atom. The van der Waals surface area contributed by atoms with Gasteiger partial charge in [0.1, 0.15) is 0 Å². The van der Waals surface area contributed by atoms with E-state index in [-0.39, 0.29) is 0 Å². The van der Waals surface area contributed by atoms with Gasteiger partial charge in [-0.2, -0.15) is 0 Å². The third-order valence-corrected chi connectivity index (χ3v) is 3.09. The van der Waals surface area contributed by atoms with Crippen molar-refractivity contribution in [3.63, 3.8) is 0 Å². The van der Waals surface area contributed by atoms with E-state index in [0.717, 1.165) is 11.1 Å². The molecule has 0 aromatic heterocycles. The Bertz CT molecular complexity index is 677. The highest BCUT2D eigenvalue weighted by atomic mass is 16.5. The summed E-state index contributed by atoms with van der Waals surface area (Å²) in [6.07, 6.45) is 3.74. The first kappa shape index (κ1) is 14.7. The van der Waals surface area contributed by atoms with Gasteiger partial charge in [0.25, 0.3) is 0 Å². The second-order valence-electron chi connectivity index (χ2n) is 4.40. The zero-order valence-corrected chi connectivity index (χ0v) is 12.0. The van der Waals surface area contributed by atoms with E-state index in [1.54, 1.807) is 26.4 Å². The van der Waals surface area contributed by atoms with Crippen LogP contribution < -0.4 is 15.2 Å². The van der Waals surface area contributed by atoms with Crippen molar-refractivity contribution in [3.8, 4) is 11.5 Å². The molecule has 0 atom stereocenters. The van der Waals surface area contributed by atoms with Gasteiger partial charge in [-0.15, -0.1) is 0 Å². The molecule has 0 radical (unpaired) electrons. The number of rotatable bonds is 5. The van der Waals surface area contributed by atoms with Crippen LogP contribution in [-0.4, -0.2) is 20.1 Å². The highest BCUT2D eigenvalue weighted by Gasteiger charge is 2.05. The van der Waals surface area contributed by atoms with Crippen LogP contribution in [0.3, 0.4) is 0 Å². The SMILES string of the molecule is COc1ccc(/C=C/c2ccccc2C(N)=O)cc1OC. The average molecular weight is 283 g/mol. The summed E-state index contributed by atoms with van der Waals surface area (Å²) in [4.78, 5) is 11.4. The molecular weight excluding hydrogens is 266 g/mol. The van der Waals surface area contributed by atoms with E-state index < -0.39 is 5.91 Å². The summed E-state index contributed by atoms with van der Waals surface area (Å²) in [5.74, 6) is 0.887. The van der Waals surface area contributed by atoms with Crippen molar-refractivity contribution in [1.29, 1.82) is 0 Å². The zero-order valence-electron chi connectivity index (χ0n) is 12.0. The van der Waals surface area contributed by atoms with Crippen LogP contribution in [0.5, 0.6) is 11.5 Å². The third-order valence-electron chi connectivity index (χ3n) is 3.09. The molecule has 0 unspecified atom stereocenters. The molecule has 2 aromatic carbocycles. The predicted octanol–water partition coefficient (Wildman–Crippen LogP) is 2.97. The van der Waals surface area contributed by atoms with Crippen molar-refractivity contribution < 1.29 is 14.3 Å². The summed E-state index contributed by atoms with van der Waals surface area (Å²) in [6.45, 7) is 0. The Morgan fingerprint density at radius 2 is 1.71 bits per heavy atom. The molecule has 0 spiro atoms. The lowest BCUT2D eigenvalue weighted by molar-refractivity contribution is 0.1000. The smallest absolute Gasteiger partial charge is 0.249 e. The predicted molar refractivity (Wildman–Crippen MR) is 83.4 cm³/mol. The van der Waals surface area contributed by atoms with Gasteiger partial charge in [-0.1, -0.05) is 36.4 Å². The molecule has 0 aliphatic carbocycles. The van der Waals surface area contributed by atoms with Crippen LogP contribution in [0.25, 0.3) is 12.2 Å². The van der Waals surface area contributed by atoms with E-state index in [1.165, 1.54) is 0 Å². The number of carbonyl (C=O) groups excluding carboxylic acids is 1. The molecule has 0 aliphatic heterocycles. The molecule has 4 heteroatoms. The number of primary amides is 1. The van der Waals surface area contributed by atoms with Gasteiger partial charge in [-0.3, -0.25) is 4.79 Å². The van der Waals surface area contributed by atoms with Crippen molar-refractivity contribution in [3.05, 3.63) is 59.2 Å². The minimum absolute atomic E-state index is 0.442. The van der Waals surface area contributed by atoms with Gasteiger partial charge >= 0.3 is 0 Å². The van der Waals surface area contributed by atoms with E-state index in [1.807, 2.05) is 42.5 Å². The standard InChI is InChI=1S/C17H17NO3/c1-20-15-10-8-12(11-16(15)21-2)7-9-13-5-3-4-6-14(13)17(18)19/h3-11H,1-2H3,(H2,18,19)/b9-7+. The molecule has 2 N–H and O–H groups in total. The van der Waals surface area contributed by atoms with Gasteiger partial charge in [0.15, 0.2) is 11.5 Å². The molecule has 0 heterocycles. The summed E-state index contributed by atoms with van der Waals surface area (Å²) in [5, 5.41) is 0. The first-order valence-electron chi connectivity index (χ1n) is 6.44. The van der Waals surface area contributed by atoms with Crippen molar-refractivity contribution in [2.24, 2.45) is 5.73 Å². The molecule has 1 amide bonds. The van der Waals surface area contributed by atoms with Crippen molar-refractivity contribution >= 4 is 18.1 Å². The van der Waals surface area contributed by atoms with Crippen LogP contribution >= 0.6 is 0 Å². The average Bonchev–Trinajstić information content (AvgIpc) is 2.52. The summed E-state index contributed by atoms with van der Waals surface area (Å²) >= 11 is 0. The molecule has 2 rings (SSSR count). The van der Waals surface area contributed by atoms with Crippen LogP contribution in [0.1, 0.15) is 21.5 Å². The Hall–Kier alpha value is -2.75. The molecular formula is C17H17NO3. The van der Waals surface area contributed by atoms with Gasteiger partial charge in [-0.05, 0) is 29.3 Å². The number of benzene rings is 2. The minimum Gasteiger partial charge on any atom is -0.493 e. The van der Waals surface area contributed by atoms with Crippen LogP contribution in [0, 0.1) is 0 Å². The molecule has 0 bridgehead atoms. The Balaban J connectivity index is 2.32. The lowest BCUT2D eigenvalue weighted by Crippen LogP contribution is -2.12. The van der Waals surface area contributed by atoms with E-state index in [0.29, 0.717) is 17.1 Å². The van der Waals surface area contributed by atoms with E-state index >= 15 is 0 Å². The highest BCUT2D eigenvalue weighted by molar-refractivity contribution is 5.97. The number of hydrogen-bond donors (Lipinski definition) is 1. The fourth-order valence-corrected chi connectivity index (χ4v) is 2.01. The number of hydrogen-bond acceptors (Lipinski definition) is 3. The Labute approximate surface area is 123 Å².